The first-order valence-electron chi connectivity index (χ1n) is 10.9. The molecule has 1 aliphatic heterocycles. The molecule has 1 aromatic carbocycles. The van der Waals surface area contributed by atoms with Crippen molar-refractivity contribution in [2.24, 2.45) is 11.8 Å². The molecule has 0 unspecified atom stereocenters. The number of aliphatic hydroxyl groups excluding tert-OH is 2. The molecular formula is C22H30F6N2O6. The molecule has 1 fully saturated rings. The number of carboxylic acid groups (broad SMARTS) is 2. The monoisotopic (exact) mass is 532 g/mol. The Morgan fingerprint density at radius 2 is 1.44 bits per heavy atom. The standard InChI is InChI=1S/C18H24F6N2.C4H6O6/c1-12(2)9-26(10-13-3-4-25-8-13)11-14-5-15(17(19,20)21)7-16(6-14)18(22,23)24;5-1(3(7)8)2(6)4(9)10/h5-7,12-13,25H,3-4,8-11H2,1-2H3;1-2,5-6H,(H,7,8)(H,9,10)/t13-;1-,2-/m01/s1. The van der Waals surface area contributed by atoms with E-state index in [0.29, 0.717) is 19.0 Å². The van der Waals surface area contributed by atoms with Gasteiger partial charge in [-0.2, -0.15) is 26.3 Å². The summed E-state index contributed by atoms with van der Waals surface area (Å²) >= 11 is 0. The Bertz CT molecular complexity index is 821. The van der Waals surface area contributed by atoms with E-state index < -0.39 is 47.6 Å². The molecule has 0 radical (unpaired) electrons. The number of aliphatic carboxylic acids is 2. The van der Waals surface area contributed by atoms with Gasteiger partial charge < -0.3 is 25.7 Å². The lowest BCUT2D eigenvalue weighted by molar-refractivity contribution is -0.165. The highest BCUT2D eigenvalue weighted by atomic mass is 19.4. The minimum atomic E-state index is -4.81. The van der Waals surface area contributed by atoms with Crippen molar-refractivity contribution >= 4 is 11.9 Å². The predicted octanol–water partition coefficient (Wildman–Crippen LogP) is 2.67. The van der Waals surface area contributed by atoms with Crippen LogP contribution in [0.2, 0.25) is 0 Å². The minimum Gasteiger partial charge on any atom is -0.479 e. The van der Waals surface area contributed by atoms with E-state index in [2.05, 4.69) is 5.32 Å². The van der Waals surface area contributed by atoms with Crippen LogP contribution in [0.5, 0.6) is 0 Å². The van der Waals surface area contributed by atoms with Crippen LogP contribution >= 0.6 is 0 Å². The second kappa shape index (κ2) is 13.2. The zero-order valence-electron chi connectivity index (χ0n) is 19.6. The molecule has 1 saturated heterocycles. The maximum atomic E-state index is 13.0. The van der Waals surface area contributed by atoms with Crippen LogP contribution in [0.1, 0.15) is 37.0 Å². The van der Waals surface area contributed by atoms with Crippen LogP contribution in [-0.4, -0.2) is 75.7 Å². The van der Waals surface area contributed by atoms with Crippen molar-refractivity contribution in [2.45, 2.75) is 51.4 Å². The highest BCUT2D eigenvalue weighted by Gasteiger charge is 2.37. The molecule has 1 heterocycles. The van der Waals surface area contributed by atoms with Gasteiger partial charge in [0.2, 0.25) is 0 Å². The van der Waals surface area contributed by atoms with Gasteiger partial charge in [0.1, 0.15) is 0 Å². The number of rotatable bonds is 9. The lowest BCUT2D eigenvalue weighted by Crippen LogP contribution is -2.39. The van der Waals surface area contributed by atoms with Crippen LogP contribution in [-0.2, 0) is 28.5 Å². The normalized spacial score (nSPS) is 18.1. The first-order valence-corrected chi connectivity index (χ1v) is 10.9. The lowest BCUT2D eigenvalue weighted by Gasteiger charge is -2.27. The topological polar surface area (TPSA) is 130 Å². The number of carbonyl (C=O) groups is 2. The number of alkyl halides is 6. The van der Waals surface area contributed by atoms with Crippen LogP contribution in [0.25, 0.3) is 0 Å². The van der Waals surface area contributed by atoms with Gasteiger partial charge in [0.15, 0.2) is 12.2 Å². The molecule has 36 heavy (non-hydrogen) atoms. The molecular weight excluding hydrogens is 502 g/mol. The predicted molar refractivity (Wildman–Crippen MR) is 115 cm³/mol. The third kappa shape index (κ3) is 10.7. The Kier molecular flexibility index (Phi) is 11.6. The first kappa shape index (κ1) is 31.6. The maximum Gasteiger partial charge on any atom is 0.416 e. The van der Waals surface area contributed by atoms with Crippen LogP contribution < -0.4 is 5.32 Å². The van der Waals surface area contributed by atoms with Gasteiger partial charge in [0, 0.05) is 19.6 Å². The number of hydrogen-bond acceptors (Lipinski definition) is 6. The van der Waals surface area contributed by atoms with Gasteiger partial charge in [-0.3, -0.25) is 4.90 Å². The highest BCUT2D eigenvalue weighted by Crippen LogP contribution is 2.36. The number of carboxylic acids is 2. The van der Waals surface area contributed by atoms with Crippen molar-refractivity contribution in [1.29, 1.82) is 0 Å². The molecule has 3 atom stereocenters. The molecule has 2 rings (SSSR count). The third-order valence-electron chi connectivity index (χ3n) is 5.16. The van der Waals surface area contributed by atoms with E-state index >= 15 is 0 Å². The summed E-state index contributed by atoms with van der Waals surface area (Å²) in [6.45, 7) is 7.02. The Balaban J connectivity index is 0.000000548. The number of aliphatic hydroxyl groups is 2. The fourth-order valence-electron chi connectivity index (χ4n) is 3.59. The highest BCUT2D eigenvalue weighted by molar-refractivity contribution is 5.83. The molecule has 1 aliphatic rings. The van der Waals surface area contributed by atoms with Crippen LogP contribution in [0, 0.1) is 11.8 Å². The SMILES string of the molecule is CC(C)CN(Cc1cc(C(F)(F)F)cc(C(F)(F)F)c1)C[C@H]1CCNC1.O=C(O)[C@H](O)[C@@H](O)C(=O)O. The number of benzene rings is 1. The van der Waals surface area contributed by atoms with E-state index in [4.69, 9.17) is 20.4 Å². The van der Waals surface area contributed by atoms with Gasteiger partial charge >= 0.3 is 24.3 Å². The van der Waals surface area contributed by atoms with Gasteiger partial charge in [-0.1, -0.05) is 13.8 Å². The molecule has 206 valence electrons. The molecule has 14 heteroatoms. The van der Waals surface area contributed by atoms with E-state index in [0.717, 1.165) is 31.6 Å². The van der Waals surface area contributed by atoms with Gasteiger partial charge in [0.25, 0.3) is 0 Å². The summed E-state index contributed by atoms with van der Waals surface area (Å²) in [5.41, 5.74) is -2.47. The quantitative estimate of drug-likeness (QED) is 0.307. The van der Waals surface area contributed by atoms with Crippen LogP contribution in [0.15, 0.2) is 18.2 Å². The Labute approximate surface area is 203 Å². The first-order chi connectivity index (χ1) is 16.4. The van der Waals surface area contributed by atoms with Crippen LogP contribution in [0.4, 0.5) is 26.3 Å². The fourth-order valence-corrected chi connectivity index (χ4v) is 3.59. The summed E-state index contributed by atoms with van der Waals surface area (Å²) in [4.78, 5) is 21.5. The van der Waals surface area contributed by atoms with Crippen molar-refractivity contribution in [1.82, 2.24) is 10.2 Å². The number of hydrogen-bond donors (Lipinski definition) is 5. The van der Waals surface area contributed by atoms with E-state index in [-0.39, 0.29) is 24.1 Å². The molecule has 0 bridgehead atoms. The van der Waals surface area contributed by atoms with Crippen molar-refractivity contribution in [3.63, 3.8) is 0 Å². The Morgan fingerprint density at radius 1 is 0.972 bits per heavy atom. The molecule has 0 aromatic heterocycles. The summed E-state index contributed by atoms with van der Waals surface area (Å²) in [6.07, 6.45) is -13.2. The maximum absolute atomic E-state index is 13.0. The second-order valence-electron chi connectivity index (χ2n) is 8.93. The molecule has 0 spiro atoms. The second-order valence-corrected chi connectivity index (χ2v) is 8.93. The van der Waals surface area contributed by atoms with E-state index in [1.54, 1.807) is 0 Å². The zero-order valence-corrected chi connectivity index (χ0v) is 19.6. The van der Waals surface area contributed by atoms with Crippen LogP contribution in [0.3, 0.4) is 0 Å². The Morgan fingerprint density at radius 3 is 1.78 bits per heavy atom. The molecule has 8 nitrogen and oxygen atoms in total. The van der Waals surface area contributed by atoms with Gasteiger partial charge in [-0.15, -0.1) is 0 Å². The number of halogens is 6. The largest absolute Gasteiger partial charge is 0.479 e. The van der Waals surface area contributed by atoms with E-state index in [9.17, 15) is 35.9 Å². The molecule has 1 aromatic rings. The summed E-state index contributed by atoms with van der Waals surface area (Å²) in [7, 11) is 0. The van der Waals surface area contributed by atoms with Gasteiger partial charge in [0.05, 0.1) is 11.1 Å². The zero-order chi connectivity index (χ0) is 27.8. The van der Waals surface area contributed by atoms with E-state index in [1.165, 1.54) is 0 Å². The average molecular weight is 532 g/mol. The summed E-state index contributed by atoms with van der Waals surface area (Å²) in [6, 6.07) is 1.84. The summed E-state index contributed by atoms with van der Waals surface area (Å²) in [5.74, 6) is -2.91. The van der Waals surface area contributed by atoms with Crippen molar-refractivity contribution in [3.05, 3.63) is 34.9 Å². The number of nitrogens with zero attached hydrogens (tertiary/aromatic N) is 1. The smallest absolute Gasteiger partial charge is 0.416 e. The minimum absolute atomic E-state index is 0.0405. The average Bonchev–Trinajstić information content (AvgIpc) is 3.24. The number of nitrogens with one attached hydrogen (secondary N) is 1. The van der Waals surface area contributed by atoms with Crippen molar-refractivity contribution < 1.29 is 56.4 Å². The van der Waals surface area contributed by atoms with Gasteiger partial charge in [-0.05, 0) is 55.1 Å². The molecule has 5 N–H and O–H groups in total. The molecule has 0 amide bonds. The third-order valence-corrected chi connectivity index (χ3v) is 5.16. The molecule has 0 aliphatic carbocycles. The molecule has 0 saturated carbocycles. The van der Waals surface area contributed by atoms with E-state index in [1.807, 2.05) is 18.7 Å². The summed E-state index contributed by atoms with van der Waals surface area (Å²) < 4.78 is 78.1. The lowest BCUT2D eigenvalue weighted by atomic mass is 10.0. The summed E-state index contributed by atoms with van der Waals surface area (Å²) in [5, 5.41) is 35.8. The van der Waals surface area contributed by atoms with Crippen molar-refractivity contribution in [3.8, 4) is 0 Å². The Hall–Kier alpha value is -2.42. The van der Waals surface area contributed by atoms with Gasteiger partial charge in [-0.25, -0.2) is 9.59 Å². The fraction of sp³-hybridized carbons (Fsp3) is 0.636. The van der Waals surface area contributed by atoms with Crippen molar-refractivity contribution in [2.75, 3.05) is 26.2 Å².